The molecule has 0 unspecified atom stereocenters. The topological polar surface area (TPSA) is 69.0 Å². The van der Waals surface area contributed by atoms with Crippen LogP contribution in [-0.2, 0) is 13.7 Å². The summed E-state index contributed by atoms with van der Waals surface area (Å²) in [6.07, 6.45) is 1.78. The van der Waals surface area contributed by atoms with Crippen molar-refractivity contribution in [2.75, 3.05) is 5.32 Å². The number of rotatable bonds is 6. The molecule has 0 fully saturated rings. The van der Waals surface area contributed by atoms with E-state index < -0.39 is 0 Å². The molecule has 0 atom stereocenters. The predicted molar refractivity (Wildman–Crippen MR) is 122 cm³/mol. The van der Waals surface area contributed by atoms with Crippen LogP contribution in [0.2, 0.25) is 5.02 Å². The second kappa shape index (κ2) is 8.59. The molecule has 30 heavy (non-hydrogen) atoms. The van der Waals surface area contributed by atoms with Gasteiger partial charge in [-0.1, -0.05) is 17.7 Å². The highest BCUT2D eigenvalue weighted by Crippen LogP contribution is 2.29. The molecule has 0 aliphatic heterocycles. The normalized spacial score (nSPS) is 10.9. The van der Waals surface area contributed by atoms with Crippen LogP contribution in [0.5, 0.6) is 5.75 Å². The average molecular weight is 459 g/mol. The maximum atomic E-state index is 12.6. The monoisotopic (exact) mass is 458 g/mol. The zero-order valence-electron chi connectivity index (χ0n) is 16.6. The Morgan fingerprint density at radius 3 is 2.83 bits per heavy atom. The molecule has 1 amide bonds. The molecule has 9 heteroatoms. The van der Waals surface area contributed by atoms with E-state index in [1.807, 2.05) is 55.9 Å². The minimum atomic E-state index is -0.191. The van der Waals surface area contributed by atoms with E-state index in [9.17, 15) is 4.79 Å². The van der Waals surface area contributed by atoms with Crippen molar-refractivity contribution >= 4 is 45.3 Å². The number of ether oxygens (including phenoxy) is 1. The van der Waals surface area contributed by atoms with Gasteiger partial charge in [0.25, 0.3) is 5.91 Å². The summed E-state index contributed by atoms with van der Waals surface area (Å²) in [5, 5.41) is 12.0. The lowest BCUT2D eigenvalue weighted by Gasteiger charge is -2.07. The zero-order chi connectivity index (χ0) is 21.3. The summed E-state index contributed by atoms with van der Waals surface area (Å²) in [6, 6.07) is 7.46. The average Bonchev–Trinajstić information content (AvgIpc) is 3.44. The van der Waals surface area contributed by atoms with Gasteiger partial charge in [0, 0.05) is 29.2 Å². The number of halogens is 1. The Hall–Kier alpha value is -2.68. The summed E-state index contributed by atoms with van der Waals surface area (Å²) in [7, 11) is 1.89. The minimum Gasteiger partial charge on any atom is -0.487 e. The molecule has 0 bridgehead atoms. The largest absolute Gasteiger partial charge is 0.487 e. The first-order valence-electron chi connectivity index (χ1n) is 9.13. The fraction of sp³-hybridized carbons (Fsp3) is 0.190. The molecule has 3 aromatic heterocycles. The van der Waals surface area contributed by atoms with Crippen LogP contribution in [0, 0.1) is 13.8 Å². The van der Waals surface area contributed by atoms with Crippen LogP contribution in [0.1, 0.15) is 26.5 Å². The van der Waals surface area contributed by atoms with Gasteiger partial charge in [0.2, 0.25) is 0 Å². The van der Waals surface area contributed by atoms with Crippen LogP contribution in [-0.4, -0.2) is 20.7 Å². The summed E-state index contributed by atoms with van der Waals surface area (Å²) >= 11 is 8.92. The maximum Gasteiger partial charge on any atom is 0.267 e. The SMILES string of the molecule is Cc1ccc(Cl)c(OCc2csc(C(=O)Nc3nc(-c4cnn(C)c4C)cs3)c2)c1. The number of carbonyl (C=O) groups excluding carboxylic acids is 1. The van der Waals surface area contributed by atoms with Gasteiger partial charge in [-0.05, 0) is 43.0 Å². The number of nitrogens with zero attached hydrogens (tertiary/aromatic N) is 3. The van der Waals surface area contributed by atoms with Crippen LogP contribution in [0.4, 0.5) is 5.13 Å². The number of thiazole rings is 1. The van der Waals surface area contributed by atoms with Crippen molar-refractivity contribution in [1.82, 2.24) is 14.8 Å². The highest BCUT2D eigenvalue weighted by molar-refractivity contribution is 7.14. The Morgan fingerprint density at radius 2 is 2.07 bits per heavy atom. The summed E-state index contributed by atoms with van der Waals surface area (Å²) < 4.78 is 7.60. The van der Waals surface area contributed by atoms with E-state index in [4.69, 9.17) is 16.3 Å². The number of amides is 1. The molecule has 0 aliphatic rings. The molecule has 4 rings (SSSR count). The molecule has 1 aromatic carbocycles. The molecule has 154 valence electrons. The van der Waals surface area contributed by atoms with Crippen LogP contribution < -0.4 is 10.1 Å². The molecular formula is C21H19ClN4O2S2. The molecule has 4 aromatic rings. The van der Waals surface area contributed by atoms with Crippen LogP contribution >= 0.6 is 34.3 Å². The fourth-order valence-electron chi connectivity index (χ4n) is 2.82. The lowest BCUT2D eigenvalue weighted by Crippen LogP contribution is -2.09. The van der Waals surface area contributed by atoms with E-state index in [1.165, 1.54) is 22.7 Å². The van der Waals surface area contributed by atoms with Crippen molar-refractivity contribution in [1.29, 1.82) is 0 Å². The second-order valence-corrected chi connectivity index (χ2v) is 8.98. The van der Waals surface area contributed by atoms with Gasteiger partial charge >= 0.3 is 0 Å². The van der Waals surface area contributed by atoms with Gasteiger partial charge in [0.15, 0.2) is 5.13 Å². The lowest BCUT2D eigenvalue weighted by atomic mass is 10.2. The molecule has 3 heterocycles. The number of nitrogens with one attached hydrogen (secondary N) is 1. The standard InChI is InChI=1S/C21H19ClN4O2S2/c1-12-4-5-16(22)18(6-12)28-9-14-7-19(29-10-14)20(27)25-21-24-17(11-30-21)15-8-23-26(3)13(15)2/h4-8,10-11H,9H2,1-3H3,(H,24,25,27). The molecule has 0 radical (unpaired) electrons. The van der Waals surface area contributed by atoms with Crippen molar-refractivity contribution < 1.29 is 9.53 Å². The highest BCUT2D eigenvalue weighted by atomic mass is 35.5. The van der Waals surface area contributed by atoms with E-state index in [1.54, 1.807) is 10.9 Å². The van der Waals surface area contributed by atoms with Gasteiger partial charge in [0.05, 0.1) is 21.8 Å². The number of anilines is 1. The Labute approximate surface area is 187 Å². The number of aromatic nitrogens is 3. The summed E-state index contributed by atoms with van der Waals surface area (Å²) in [4.78, 5) is 17.7. The van der Waals surface area contributed by atoms with Gasteiger partial charge < -0.3 is 4.74 Å². The van der Waals surface area contributed by atoms with E-state index >= 15 is 0 Å². The molecule has 0 aliphatic carbocycles. The van der Waals surface area contributed by atoms with Crippen molar-refractivity contribution in [3.63, 3.8) is 0 Å². The molecule has 0 spiro atoms. The van der Waals surface area contributed by atoms with Crippen LogP contribution in [0.25, 0.3) is 11.3 Å². The van der Waals surface area contributed by atoms with E-state index in [2.05, 4.69) is 15.4 Å². The number of carbonyl (C=O) groups is 1. The number of hydrogen-bond acceptors (Lipinski definition) is 6. The molecule has 1 N–H and O–H groups in total. The van der Waals surface area contributed by atoms with Gasteiger partial charge in [0.1, 0.15) is 12.4 Å². The Balaban J connectivity index is 1.40. The summed E-state index contributed by atoms with van der Waals surface area (Å²) in [5.74, 6) is 0.443. The molecular weight excluding hydrogens is 440 g/mol. The summed E-state index contributed by atoms with van der Waals surface area (Å²) in [6.45, 7) is 4.31. The van der Waals surface area contributed by atoms with Gasteiger partial charge in [-0.2, -0.15) is 5.10 Å². The molecule has 0 saturated carbocycles. The van der Waals surface area contributed by atoms with Crippen LogP contribution in [0.3, 0.4) is 0 Å². The Kier molecular flexibility index (Phi) is 5.90. The molecule has 0 saturated heterocycles. The number of thiophene rings is 1. The van der Waals surface area contributed by atoms with Crippen molar-refractivity contribution in [3.8, 4) is 17.0 Å². The quantitative estimate of drug-likeness (QED) is 0.402. The minimum absolute atomic E-state index is 0.191. The fourth-order valence-corrected chi connectivity index (χ4v) is 4.49. The lowest BCUT2D eigenvalue weighted by molar-refractivity contribution is 0.103. The van der Waals surface area contributed by atoms with Crippen molar-refractivity contribution in [2.45, 2.75) is 20.5 Å². The summed E-state index contributed by atoms with van der Waals surface area (Å²) in [5.41, 5.74) is 4.77. The first-order chi connectivity index (χ1) is 14.4. The van der Waals surface area contributed by atoms with Gasteiger partial charge in [-0.15, -0.1) is 22.7 Å². The van der Waals surface area contributed by atoms with E-state index in [0.29, 0.717) is 27.4 Å². The van der Waals surface area contributed by atoms with Crippen LogP contribution in [0.15, 0.2) is 41.2 Å². The third kappa shape index (κ3) is 4.40. The number of aryl methyl sites for hydroxylation is 2. The second-order valence-electron chi connectivity index (χ2n) is 6.80. The first-order valence-corrected chi connectivity index (χ1v) is 11.3. The van der Waals surface area contributed by atoms with Gasteiger partial charge in [-0.3, -0.25) is 14.8 Å². The molecule has 6 nitrogen and oxygen atoms in total. The number of benzene rings is 1. The van der Waals surface area contributed by atoms with Crippen molar-refractivity contribution in [2.24, 2.45) is 7.05 Å². The first kappa shape index (κ1) is 20.6. The number of hydrogen-bond donors (Lipinski definition) is 1. The Morgan fingerprint density at radius 1 is 1.23 bits per heavy atom. The van der Waals surface area contributed by atoms with Gasteiger partial charge in [-0.25, -0.2) is 4.98 Å². The smallest absolute Gasteiger partial charge is 0.267 e. The van der Waals surface area contributed by atoms with E-state index in [0.717, 1.165) is 28.1 Å². The third-order valence-electron chi connectivity index (χ3n) is 4.59. The Bertz CT molecular complexity index is 1210. The zero-order valence-corrected chi connectivity index (χ0v) is 19.0. The third-order valence-corrected chi connectivity index (χ3v) is 6.64. The van der Waals surface area contributed by atoms with E-state index in [-0.39, 0.29) is 5.91 Å². The maximum absolute atomic E-state index is 12.6. The van der Waals surface area contributed by atoms with Crippen molar-refractivity contribution in [3.05, 3.63) is 67.9 Å². The predicted octanol–water partition coefficient (Wildman–Crippen LogP) is 5.71. The highest BCUT2D eigenvalue weighted by Gasteiger charge is 2.15.